The molecule has 8 nitrogen and oxygen atoms in total. The minimum Gasteiger partial charge on any atom is -0.495 e. The second-order valence-electron chi connectivity index (χ2n) is 9.76. The van der Waals surface area contributed by atoms with E-state index in [4.69, 9.17) is 4.74 Å². The molecule has 0 unspecified atom stereocenters. The van der Waals surface area contributed by atoms with Crippen LogP contribution in [0.4, 0.5) is 14.5 Å². The molecule has 1 aliphatic carbocycles. The Balaban J connectivity index is 1.34. The zero-order chi connectivity index (χ0) is 26.9. The number of carbonyl (C=O) groups excluding carboxylic acids is 2. The number of nitrogens with one attached hydrogen (secondary N) is 2. The number of halogens is 2. The first-order valence-electron chi connectivity index (χ1n) is 12.8. The van der Waals surface area contributed by atoms with Crippen LogP contribution in [0.5, 0.6) is 5.75 Å². The molecule has 0 radical (unpaired) electrons. The van der Waals surface area contributed by atoms with Crippen LogP contribution in [0, 0.1) is 17.2 Å². The maximum Gasteiger partial charge on any atom is 0.277 e. The highest BCUT2D eigenvalue weighted by molar-refractivity contribution is 6.07. The summed E-state index contributed by atoms with van der Waals surface area (Å²) in [4.78, 5) is 27.9. The molecule has 0 aromatic heterocycles. The van der Waals surface area contributed by atoms with E-state index in [2.05, 4.69) is 10.7 Å². The number of hydrazine groups is 1. The highest BCUT2D eigenvalue weighted by Crippen LogP contribution is 2.44. The Morgan fingerprint density at radius 2 is 1.87 bits per heavy atom. The molecule has 0 spiro atoms. The van der Waals surface area contributed by atoms with Crippen LogP contribution in [0.25, 0.3) is 0 Å². The predicted molar refractivity (Wildman–Crippen MR) is 136 cm³/mol. The number of hydrogen-bond acceptors (Lipinski definition) is 6. The number of fused-ring (bicyclic) bond motifs is 1. The lowest BCUT2D eigenvalue weighted by atomic mass is 9.82. The van der Waals surface area contributed by atoms with Crippen LogP contribution in [0.2, 0.25) is 0 Å². The number of alkyl halides is 2. The van der Waals surface area contributed by atoms with Crippen LogP contribution in [-0.2, 0) is 10.7 Å². The van der Waals surface area contributed by atoms with Crippen LogP contribution in [0.1, 0.15) is 53.6 Å². The fraction of sp³-hybridized carbons (Fsp3) is 0.393. The number of rotatable bonds is 6. The number of nitriles is 1. The van der Waals surface area contributed by atoms with Gasteiger partial charge in [0.05, 0.1) is 31.5 Å². The molecule has 198 valence electrons. The zero-order valence-electron chi connectivity index (χ0n) is 21.1. The van der Waals surface area contributed by atoms with Gasteiger partial charge in [0.25, 0.3) is 17.7 Å². The third-order valence-corrected chi connectivity index (χ3v) is 7.53. The van der Waals surface area contributed by atoms with Crippen molar-refractivity contribution < 1.29 is 23.1 Å². The molecule has 3 aliphatic rings. The third-order valence-electron chi connectivity index (χ3n) is 7.53. The van der Waals surface area contributed by atoms with E-state index in [1.54, 1.807) is 29.3 Å². The largest absolute Gasteiger partial charge is 0.495 e. The Hall–Kier alpha value is -3.97. The number of piperazine rings is 1. The number of benzene rings is 2. The molecule has 2 heterocycles. The highest BCUT2D eigenvalue weighted by atomic mass is 19.3. The SMILES string of the molecule is COc1ccc(C(=O)NC2=C3C(=O)N(c4ccc(C(F)(F)C5CCCCC5)cc4)CCN3NC2)cc1C#N. The van der Waals surface area contributed by atoms with Gasteiger partial charge in [-0.2, -0.15) is 5.26 Å². The molecule has 2 aromatic carbocycles. The Kier molecular flexibility index (Phi) is 7.04. The molecule has 2 amide bonds. The molecular weight excluding hydrogens is 492 g/mol. The van der Waals surface area contributed by atoms with Crippen LogP contribution in [0.3, 0.4) is 0 Å². The van der Waals surface area contributed by atoms with Crippen LogP contribution in [-0.4, -0.2) is 43.6 Å². The molecule has 1 saturated heterocycles. The van der Waals surface area contributed by atoms with Gasteiger partial charge in [0.15, 0.2) is 0 Å². The van der Waals surface area contributed by atoms with Gasteiger partial charge in [-0.05, 0) is 43.2 Å². The number of ether oxygens (including phenoxy) is 1. The second-order valence-corrected chi connectivity index (χ2v) is 9.76. The van der Waals surface area contributed by atoms with E-state index in [-0.39, 0.29) is 29.1 Å². The van der Waals surface area contributed by atoms with Crippen LogP contribution < -0.4 is 20.4 Å². The van der Waals surface area contributed by atoms with E-state index in [1.807, 2.05) is 6.07 Å². The van der Waals surface area contributed by atoms with E-state index in [1.165, 1.54) is 30.2 Å². The molecule has 10 heteroatoms. The normalized spacial score (nSPS) is 18.3. The second kappa shape index (κ2) is 10.4. The topological polar surface area (TPSA) is 97.7 Å². The summed E-state index contributed by atoms with van der Waals surface area (Å²) in [5.74, 6) is -3.99. The predicted octanol–water partition coefficient (Wildman–Crippen LogP) is 4.05. The van der Waals surface area contributed by atoms with Crippen molar-refractivity contribution in [2.75, 3.05) is 31.6 Å². The van der Waals surface area contributed by atoms with Crippen LogP contribution >= 0.6 is 0 Å². The van der Waals surface area contributed by atoms with E-state index in [0.29, 0.717) is 48.8 Å². The maximum atomic E-state index is 15.1. The van der Waals surface area contributed by atoms with E-state index in [0.717, 1.165) is 19.3 Å². The number of nitrogens with zero attached hydrogens (tertiary/aromatic N) is 3. The first kappa shape index (κ1) is 25.7. The summed E-state index contributed by atoms with van der Waals surface area (Å²) in [7, 11) is 1.44. The van der Waals surface area contributed by atoms with Crippen molar-refractivity contribution in [3.05, 3.63) is 70.5 Å². The van der Waals surface area contributed by atoms with Gasteiger partial charge in [0.1, 0.15) is 17.5 Å². The van der Waals surface area contributed by atoms with Crippen molar-refractivity contribution in [2.24, 2.45) is 5.92 Å². The lowest BCUT2D eigenvalue weighted by molar-refractivity contribution is -0.118. The number of hydrogen-bond donors (Lipinski definition) is 2. The zero-order valence-corrected chi connectivity index (χ0v) is 21.1. The lowest BCUT2D eigenvalue weighted by Crippen LogP contribution is -2.50. The van der Waals surface area contributed by atoms with E-state index < -0.39 is 17.7 Å². The molecule has 2 N–H and O–H groups in total. The monoisotopic (exact) mass is 521 g/mol. The minimum absolute atomic E-state index is 0.0230. The van der Waals surface area contributed by atoms with Gasteiger partial charge in [-0.3, -0.25) is 14.6 Å². The molecular formula is C28H29F2N5O3. The maximum absolute atomic E-state index is 15.1. The standard InChI is InChI=1S/C28H29F2N5O3/c1-38-24-12-7-18(15-19(24)16-31)26(36)33-23-17-32-35-14-13-34(27(37)25(23)35)22-10-8-21(9-11-22)28(29,30)20-5-3-2-4-6-20/h7-12,15,20,32H,2-6,13-14,17H2,1H3,(H,33,36). The van der Waals surface area contributed by atoms with Crippen molar-refractivity contribution in [3.63, 3.8) is 0 Å². The molecule has 5 rings (SSSR count). The summed E-state index contributed by atoms with van der Waals surface area (Å²) >= 11 is 0. The summed E-state index contributed by atoms with van der Waals surface area (Å²) in [6.45, 7) is 1.06. The molecule has 38 heavy (non-hydrogen) atoms. The molecule has 2 fully saturated rings. The number of amides is 2. The summed E-state index contributed by atoms with van der Waals surface area (Å²) in [5.41, 5.74) is 4.78. The van der Waals surface area contributed by atoms with Gasteiger partial charge >= 0.3 is 0 Å². The van der Waals surface area contributed by atoms with Crippen LogP contribution in [0.15, 0.2) is 53.9 Å². The van der Waals surface area contributed by atoms with E-state index in [9.17, 15) is 14.9 Å². The summed E-state index contributed by atoms with van der Waals surface area (Å²) < 4.78 is 35.3. The van der Waals surface area contributed by atoms with Crippen molar-refractivity contribution in [2.45, 2.75) is 38.0 Å². The average Bonchev–Trinajstić information content (AvgIpc) is 3.36. The quantitative estimate of drug-likeness (QED) is 0.596. The Morgan fingerprint density at radius 3 is 2.55 bits per heavy atom. The fourth-order valence-electron chi connectivity index (χ4n) is 5.42. The van der Waals surface area contributed by atoms with Crippen molar-refractivity contribution in [3.8, 4) is 11.8 Å². The van der Waals surface area contributed by atoms with Gasteiger partial charge in [-0.25, -0.2) is 14.2 Å². The summed E-state index contributed by atoms with van der Waals surface area (Å²) in [5, 5.41) is 13.8. The molecule has 2 aromatic rings. The van der Waals surface area contributed by atoms with Gasteiger partial charge in [-0.1, -0.05) is 31.4 Å². The molecule has 2 aliphatic heterocycles. The first-order valence-corrected chi connectivity index (χ1v) is 12.8. The van der Waals surface area contributed by atoms with E-state index >= 15 is 8.78 Å². The highest BCUT2D eigenvalue weighted by Gasteiger charge is 2.42. The smallest absolute Gasteiger partial charge is 0.277 e. The Bertz CT molecular complexity index is 1310. The summed E-state index contributed by atoms with van der Waals surface area (Å²) in [6.07, 6.45) is 3.72. The Labute approximate surface area is 219 Å². The minimum atomic E-state index is -2.90. The third kappa shape index (κ3) is 4.70. The molecule has 0 atom stereocenters. The lowest BCUT2D eigenvalue weighted by Gasteiger charge is -2.35. The van der Waals surface area contributed by atoms with Gasteiger partial charge in [0.2, 0.25) is 0 Å². The van der Waals surface area contributed by atoms with Gasteiger partial charge in [0, 0.05) is 29.3 Å². The molecule has 0 bridgehead atoms. The van der Waals surface area contributed by atoms with Gasteiger partial charge < -0.3 is 15.0 Å². The van der Waals surface area contributed by atoms with Crippen molar-refractivity contribution >= 4 is 17.5 Å². The van der Waals surface area contributed by atoms with Crippen molar-refractivity contribution in [1.29, 1.82) is 5.26 Å². The first-order chi connectivity index (χ1) is 18.3. The number of carbonyl (C=O) groups is 2. The van der Waals surface area contributed by atoms with Crippen molar-refractivity contribution in [1.82, 2.24) is 15.8 Å². The number of methoxy groups -OCH3 is 1. The average molecular weight is 522 g/mol. The Morgan fingerprint density at radius 1 is 1.13 bits per heavy atom. The number of anilines is 1. The molecule has 1 saturated carbocycles. The van der Waals surface area contributed by atoms with Gasteiger partial charge in [-0.15, -0.1) is 0 Å². The fourth-order valence-corrected chi connectivity index (χ4v) is 5.42. The summed E-state index contributed by atoms with van der Waals surface area (Å²) in [6, 6.07) is 12.5.